The highest BCUT2D eigenvalue weighted by Crippen LogP contribution is 2.29. The van der Waals surface area contributed by atoms with Gasteiger partial charge in [0, 0.05) is 18.3 Å². The molecule has 0 bridgehead atoms. The van der Waals surface area contributed by atoms with Crippen molar-refractivity contribution in [3.05, 3.63) is 54.1 Å². The Balaban J connectivity index is 2.35. The molecule has 0 aliphatic carbocycles. The summed E-state index contributed by atoms with van der Waals surface area (Å²) in [5, 5.41) is 7.38. The molecule has 0 radical (unpaired) electrons. The molecule has 0 fully saturated rings. The smallest absolute Gasteiger partial charge is 0.338 e. The molecule has 4 heteroatoms. The average Bonchev–Trinajstić information content (AvgIpc) is 2.54. The van der Waals surface area contributed by atoms with Gasteiger partial charge in [-0.25, -0.2) is 4.79 Å². The molecule has 0 unspecified atom stereocenters. The molecule has 0 amide bonds. The van der Waals surface area contributed by atoms with Gasteiger partial charge in [0.05, 0.1) is 18.5 Å². The van der Waals surface area contributed by atoms with Gasteiger partial charge in [-0.2, -0.15) is 0 Å². The van der Waals surface area contributed by atoms with Crippen molar-refractivity contribution >= 4 is 18.0 Å². The molecule has 108 valence electrons. The van der Waals surface area contributed by atoms with Gasteiger partial charge < -0.3 is 9.64 Å². The molecule has 0 saturated heterocycles. The van der Waals surface area contributed by atoms with Crippen LogP contribution in [0.1, 0.15) is 17.3 Å². The first kappa shape index (κ1) is 14.8. The van der Waals surface area contributed by atoms with E-state index in [4.69, 9.17) is 10.1 Å². The number of esters is 1. The maximum atomic E-state index is 11.7. The second-order valence-electron chi connectivity index (χ2n) is 4.55. The Bertz CT molecular complexity index is 635. The van der Waals surface area contributed by atoms with E-state index in [0.29, 0.717) is 12.2 Å². The largest absolute Gasteiger partial charge is 0.462 e. The van der Waals surface area contributed by atoms with E-state index in [1.165, 1.54) is 6.34 Å². The van der Waals surface area contributed by atoms with Crippen molar-refractivity contribution in [3.8, 4) is 11.1 Å². The van der Waals surface area contributed by atoms with Gasteiger partial charge in [0.1, 0.15) is 0 Å². The van der Waals surface area contributed by atoms with Crippen molar-refractivity contribution in [1.29, 1.82) is 5.41 Å². The van der Waals surface area contributed by atoms with Gasteiger partial charge in [-0.1, -0.05) is 30.3 Å². The number of benzene rings is 2. The summed E-state index contributed by atoms with van der Waals surface area (Å²) in [7, 11) is 1.83. The Labute approximate surface area is 124 Å². The van der Waals surface area contributed by atoms with Crippen LogP contribution in [0.4, 0.5) is 5.69 Å². The summed E-state index contributed by atoms with van der Waals surface area (Å²) in [5.74, 6) is -0.311. The maximum Gasteiger partial charge on any atom is 0.338 e. The number of hydrogen-bond donors (Lipinski definition) is 1. The predicted octanol–water partition coefficient (Wildman–Crippen LogP) is 3.57. The zero-order chi connectivity index (χ0) is 15.2. The van der Waals surface area contributed by atoms with Crippen LogP contribution in [0, 0.1) is 5.41 Å². The van der Waals surface area contributed by atoms with Gasteiger partial charge in [-0.3, -0.25) is 5.41 Å². The lowest BCUT2D eigenvalue weighted by Crippen LogP contribution is -2.14. The van der Waals surface area contributed by atoms with Crippen LogP contribution in [0.5, 0.6) is 0 Å². The SMILES string of the molecule is CCOC(=O)c1ccc(-c2ccccc2N(C)C=N)cc1. The lowest BCUT2D eigenvalue weighted by Gasteiger charge is -2.17. The quantitative estimate of drug-likeness (QED) is 0.518. The fraction of sp³-hybridized carbons (Fsp3) is 0.176. The molecule has 0 aliphatic heterocycles. The van der Waals surface area contributed by atoms with Crippen LogP contribution in [0.2, 0.25) is 0 Å². The molecule has 0 aromatic heterocycles. The van der Waals surface area contributed by atoms with E-state index >= 15 is 0 Å². The van der Waals surface area contributed by atoms with E-state index in [9.17, 15) is 4.79 Å². The first-order valence-electron chi connectivity index (χ1n) is 6.77. The highest BCUT2D eigenvalue weighted by atomic mass is 16.5. The highest BCUT2D eigenvalue weighted by molar-refractivity contribution is 5.91. The Morgan fingerprint density at radius 1 is 1.19 bits per heavy atom. The number of ether oxygens (including phenoxy) is 1. The van der Waals surface area contributed by atoms with Crippen LogP contribution < -0.4 is 4.90 Å². The van der Waals surface area contributed by atoms with Crippen LogP contribution in [0.25, 0.3) is 11.1 Å². The number of nitrogens with one attached hydrogen (secondary N) is 1. The molecule has 0 aliphatic rings. The molecule has 4 nitrogen and oxygen atoms in total. The summed E-state index contributed by atoms with van der Waals surface area (Å²) in [5.41, 5.74) is 3.49. The number of para-hydroxylation sites is 1. The zero-order valence-electron chi connectivity index (χ0n) is 12.2. The Kier molecular flexibility index (Phi) is 4.72. The van der Waals surface area contributed by atoms with Crippen LogP contribution in [-0.2, 0) is 4.74 Å². The molecule has 1 N–H and O–H groups in total. The molecule has 0 saturated carbocycles. The molecular weight excluding hydrogens is 264 g/mol. The topological polar surface area (TPSA) is 53.4 Å². The minimum atomic E-state index is -0.311. The zero-order valence-corrected chi connectivity index (χ0v) is 12.2. The first-order valence-corrected chi connectivity index (χ1v) is 6.77. The van der Waals surface area contributed by atoms with Gasteiger partial charge >= 0.3 is 5.97 Å². The number of rotatable bonds is 5. The third-order valence-electron chi connectivity index (χ3n) is 3.18. The highest BCUT2D eigenvalue weighted by Gasteiger charge is 2.09. The van der Waals surface area contributed by atoms with Gasteiger partial charge in [0.15, 0.2) is 0 Å². The van der Waals surface area contributed by atoms with Crippen molar-refractivity contribution in [1.82, 2.24) is 0 Å². The maximum absolute atomic E-state index is 11.7. The second kappa shape index (κ2) is 6.70. The summed E-state index contributed by atoms with van der Waals surface area (Å²) >= 11 is 0. The van der Waals surface area contributed by atoms with E-state index in [0.717, 1.165) is 16.8 Å². The number of carbonyl (C=O) groups excluding carboxylic acids is 1. The summed E-state index contributed by atoms with van der Waals surface area (Å²) in [6.07, 6.45) is 1.27. The Hall–Kier alpha value is -2.62. The van der Waals surface area contributed by atoms with Gasteiger partial charge in [-0.05, 0) is 30.7 Å². The van der Waals surface area contributed by atoms with Crippen LogP contribution in [0.15, 0.2) is 48.5 Å². The van der Waals surface area contributed by atoms with Crippen molar-refractivity contribution in [3.63, 3.8) is 0 Å². The van der Waals surface area contributed by atoms with Crippen molar-refractivity contribution in [2.24, 2.45) is 0 Å². The van der Waals surface area contributed by atoms with Crippen molar-refractivity contribution in [2.75, 3.05) is 18.6 Å². The van der Waals surface area contributed by atoms with E-state index in [1.54, 1.807) is 24.0 Å². The van der Waals surface area contributed by atoms with Crippen molar-refractivity contribution < 1.29 is 9.53 Å². The van der Waals surface area contributed by atoms with Gasteiger partial charge in [0.2, 0.25) is 0 Å². The second-order valence-corrected chi connectivity index (χ2v) is 4.55. The molecule has 0 atom stereocenters. The number of hydrogen-bond acceptors (Lipinski definition) is 3. The molecular formula is C17H18N2O2. The molecule has 2 rings (SSSR count). The minimum Gasteiger partial charge on any atom is -0.462 e. The van der Waals surface area contributed by atoms with Crippen LogP contribution in [0.3, 0.4) is 0 Å². The van der Waals surface area contributed by atoms with E-state index in [1.807, 2.05) is 43.4 Å². The molecule has 2 aromatic rings. The number of nitrogens with zero attached hydrogens (tertiary/aromatic N) is 1. The molecule has 21 heavy (non-hydrogen) atoms. The molecule has 0 heterocycles. The van der Waals surface area contributed by atoms with Crippen LogP contribution in [-0.4, -0.2) is 26.0 Å². The van der Waals surface area contributed by atoms with E-state index < -0.39 is 0 Å². The number of carbonyl (C=O) groups is 1. The van der Waals surface area contributed by atoms with Crippen molar-refractivity contribution in [2.45, 2.75) is 6.92 Å². The van der Waals surface area contributed by atoms with Gasteiger partial charge in [-0.15, -0.1) is 0 Å². The van der Waals surface area contributed by atoms with Crippen LogP contribution >= 0.6 is 0 Å². The lowest BCUT2D eigenvalue weighted by molar-refractivity contribution is 0.0526. The summed E-state index contributed by atoms with van der Waals surface area (Å²) in [6.45, 7) is 2.16. The normalized spacial score (nSPS) is 10.0. The fourth-order valence-electron chi connectivity index (χ4n) is 2.10. The Morgan fingerprint density at radius 3 is 2.48 bits per heavy atom. The van der Waals surface area contributed by atoms with E-state index in [-0.39, 0.29) is 5.97 Å². The Morgan fingerprint density at radius 2 is 1.86 bits per heavy atom. The minimum absolute atomic E-state index is 0.311. The lowest BCUT2D eigenvalue weighted by atomic mass is 10.0. The summed E-state index contributed by atoms with van der Waals surface area (Å²) in [6, 6.07) is 15.1. The first-order chi connectivity index (χ1) is 10.2. The summed E-state index contributed by atoms with van der Waals surface area (Å²) < 4.78 is 4.98. The fourth-order valence-corrected chi connectivity index (χ4v) is 2.10. The van der Waals surface area contributed by atoms with Gasteiger partial charge in [0.25, 0.3) is 0 Å². The predicted molar refractivity (Wildman–Crippen MR) is 85.0 cm³/mol. The third-order valence-corrected chi connectivity index (χ3v) is 3.18. The molecule has 0 spiro atoms. The average molecular weight is 282 g/mol. The number of anilines is 1. The van der Waals surface area contributed by atoms with E-state index in [2.05, 4.69) is 0 Å². The molecule has 2 aromatic carbocycles. The third kappa shape index (κ3) is 3.28. The standard InChI is InChI=1S/C17H18N2O2/c1-3-21-17(20)14-10-8-13(9-11-14)15-6-4-5-7-16(15)19(2)12-18/h4-12,18H,3H2,1-2H3. The summed E-state index contributed by atoms with van der Waals surface area (Å²) in [4.78, 5) is 13.4. The monoisotopic (exact) mass is 282 g/mol.